The van der Waals surface area contributed by atoms with Crippen LogP contribution < -0.4 is 21.7 Å². The lowest BCUT2D eigenvalue weighted by molar-refractivity contribution is -0.144. The van der Waals surface area contributed by atoms with Gasteiger partial charge in [-0.2, -0.15) is 0 Å². The van der Waals surface area contributed by atoms with Gasteiger partial charge in [-0.25, -0.2) is 4.79 Å². The Morgan fingerprint density at radius 2 is 1.50 bits per heavy atom. The smallest absolute Gasteiger partial charge is 0.326 e. The zero-order valence-corrected chi connectivity index (χ0v) is 22.6. The number of carbonyl (C=O) groups is 5. The summed E-state index contributed by atoms with van der Waals surface area (Å²) in [6, 6.07) is 7.00. The fraction of sp³-hybridized carbons (Fsp3) is 0.321. The van der Waals surface area contributed by atoms with E-state index in [1.807, 2.05) is 24.3 Å². The highest BCUT2D eigenvalue weighted by Crippen LogP contribution is 2.19. The maximum absolute atomic E-state index is 13.0. The van der Waals surface area contributed by atoms with Gasteiger partial charge in [-0.05, 0) is 42.7 Å². The Hall–Kier alpha value is -4.95. The number of aliphatic hydroxyl groups excluding tert-OH is 1. The minimum atomic E-state index is -1.69. The Morgan fingerprint density at radius 3 is 2.12 bits per heavy atom. The summed E-state index contributed by atoms with van der Waals surface area (Å²) in [6.45, 7) is 1.17. The highest BCUT2D eigenvalue weighted by Gasteiger charge is 2.33. The molecule has 0 saturated heterocycles. The van der Waals surface area contributed by atoms with Gasteiger partial charge in [0.1, 0.15) is 23.9 Å². The molecule has 42 heavy (non-hydrogen) atoms. The van der Waals surface area contributed by atoms with Crippen LogP contribution in [-0.4, -0.2) is 85.3 Å². The number of carbonyl (C=O) groups excluding carboxylic acids is 3. The number of aliphatic hydroxyl groups is 1. The molecule has 0 aliphatic heterocycles. The summed E-state index contributed by atoms with van der Waals surface area (Å²) < 4.78 is 0. The number of aromatic nitrogens is 1. The molecule has 14 heteroatoms. The zero-order valence-electron chi connectivity index (χ0n) is 22.6. The lowest BCUT2D eigenvalue weighted by atomic mass is 10.0. The van der Waals surface area contributed by atoms with Crippen LogP contribution in [0.2, 0.25) is 0 Å². The third kappa shape index (κ3) is 8.52. The van der Waals surface area contributed by atoms with E-state index in [4.69, 9.17) is 5.73 Å². The molecule has 14 nitrogen and oxygen atoms in total. The molecule has 1 heterocycles. The summed E-state index contributed by atoms with van der Waals surface area (Å²) >= 11 is 0. The Labute approximate surface area is 239 Å². The number of fused-ring (bicyclic) bond motifs is 1. The van der Waals surface area contributed by atoms with E-state index in [9.17, 15) is 44.4 Å². The Kier molecular flexibility index (Phi) is 10.6. The van der Waals surface area contributed by atoms with Gasteiger partial charge >= 0.3 is 11.9 Å². The fourth-order valence-corrected chi connectivity index (χ4v) is 4.28. The van der Waals surface area contributed by atoms with E-state index in [1.54, 1.807) is 6.20 Å². The van der Waals surface area contributed by atoms with E-state index >= 15 is 0 Å². The summed E-state index contributed by atoms with van der Waals surface area (Å²) in [5, 5.41) is 46.1. The highest BCUT2D eigenvalue weighted by atomic mass is 16.4. The number of benzene rings is 2. The first-order chi connectivity index (χ1) is 19.8. The molecular weight excluding hydrogens is 550 g/mol. The molecule has 0 fully saturated rings. The van der Waals surface area contributed by atoms with Gasteiger partial charge in [0.05, 0.1) is 18.6 Å². The van der Waals surface area contributed by atoms with Crippen molar-refractivity contribution < 1.29 is 44.4 Å². The van der Waals surface area contributed by atoms with Crippen LogP contribution in [0, 0.1) is 0 Å². The lowest BCUT2D eigenvalue weighted by Crippen LogP contribution is -2.60. The maximum atomic E-state index is 13.0. The van der Waals surface area contributed by atoms with Crippen LogP contribution in [-0.2, 0) is 36.8 Å². The first-order valence-corrected chi connectivity index (χ1v) is 13.0. The largest absolute Gasteiger partial charge is 0.508 e. The predicted molar refractivity (Wildman–Crippen MR) is 149 cm³/mol. The molecule has 3 rings (SSSR count). The van der Waals surface area contributed by atoms with Crippen LogP contribution in [0.15, 0.2) is 54.7 Å². The first-order valence-electron chi connectivity index (χ1n) is 13.0. The van der Waals surface area contributed by atoms with Crippen LogP contribution >= 0.6 is 0 Å². The highest BCUT2D eigenvalue weighted by molar-refractivity contribution is 5.96. The summed E-state index contributed by atoms with van der Waals surface area (Å²) in [5.74, 6) is -5.84. The first kappa shape index (κ1) is 31.6. The molecule has 0 aliphatic rings. The lowest BCUT2D eigenvalue weighted by Gasteiger charge is -2.26. The Balaban J connectivity index is 1.68. The summed E-state index contributed by atoms with van der Waals surface area (Å²) in [7, 11) is 0. The standard InChI is InChI=1S/C28H33N5O9/c1-14(34)24(27(40)32-22(28(41)42)10-15-6-8-17(35)9-7-15)33-26(39)21(12-23(36)37)31-25(38)19(29)11-16-13-30-20-5-3-2-4-18(16)20/h2-9,13-14,19,21-22,24,30,34-35H,10-12,29H2,1H3,(H,31,38)(H,32,40)(H,33,39)(H,36,37)(H,41,42). The number of phenolic OH excluding ortho intramolecular Hbond substituents is 1. The monoisotopic (exact) mass is 583 g/mol. The molecule has 1 aromatic heterocycles. The molecule has 3 amide bonds. The molecule has 0 aliphatic carbocycles. The molecule has 0 spiro atoms. The van der Waals surface area contributed by atoms with Gasteiger partial charge < -0.3 is 47.1 Å². The van der Waals surface area contributed by atoms with Crippen molar-refractivity contribution in [3.05, 3.63) is 65.9 Å². The number of hydrogen-bond donors (Lipinski definition) is 9. The van der Waals surface area contributed by atoms with Gasteiger partial charge in [-0.3, -0.25) is 19.2 Å². The van der Waals surface area contributed by atoms with Gasteiger partial charge in [0.15, 0.2) is 0 Å². The summed E-state index contributed by atoms with van der Waals surface area (Å²) in [5.41, 5.74) is 8.10. The van der Waals surface area contributed by atoms with Crippen molar-refractivity contribution in [3.63, 3.8) is 0 Å². The van der Waals surface area contributed by atoms with E-state index in [0.717, 1.165) is 16.5 Å². The number of aliphatic carboxylic acids is 2. The number of aromatic hydroxyl groups is 1. The van der Waals surface area contributed by atoms with E-state index in [2.05, 4.69) is 20.9 Å². The number of rotatable bonds is 14. The third-order valence-electron chi connectivity index (χ3n) is 6.52. The van der Waals surface area contributed by atoms with E-state index in [0.29, 0.717) is 5.56 Å². The van der Waals surface area contributed by atoms with Crippen molar-refractivity contribution in [2.75, 3.05) is 0 Å². The predicted octanol–water partition coefficient (Wildman–Crippen LogP) is -0.619. The third-order valence-corrected chi connectivity index (χ3v) is 6.52. The molecule has 5 unspecified atom stereocenters. The summed E-state index contributed by atoms with van der Waals surface area (Å²) in [6.07, 6.45) is -0.787. The minimum Gasteiger partial charge on any atom is -0.508 e. The van der Waals surface area contributed by atoms with Crippen LogP contribution in [0.4, 0.5) is 0 Å². The van der Waals surface area contributed by atoms with Crippen molar-refractivity contribution in [2.24, 2.45) is 5.73 Å². The maximum Gasteiger partial charge on any atom is 0.326 e. The molecule has 0 bridgehead atoms. The van der Waals surface area contributed by atoms with E-state index in [-0.39, 0.29) is 18.6 Å². The van der Waals surface area contributed by atoms with Crippen LogP contribution in [0.5, 0.6) is 5.75 Å². The number of H-pyrrole nitrogens is 1. The number of hydrogen-bond acceptors (Lipinski definition) is 8. The van der Waals surface area contributed by atoms with Crippen molar-refractivity contribution >= 4 is 40.6 Å². The number of carboxylic acid groups (broad SMARTS) is 2. The zero-order chi connectivity index (χ0) is 31.0. The molecule has 0 radical (unpaired) electrons. The second kappa shape index (κ2) is 14.1. The van der Waals surface area contributed by atoms with Crippen molar-refractivity contribution in [3.8, 4) is 5.75 Å². The SMILES string of the molecule is CC(O)C(NC(=O)C(CC(=O)O)NC(=O)C(N)Cc1c[nH]c2ccccc12)C(=O)NC(Cc1ccc(O)cc1)C(=O)O. The molecule has 5 atom stereocenters. The number of amides is 3. The average Bonchev–Trinajstić information content (AvgIpc) is 3.33. The number of para-hydroxylation sites is 1. The van der Waals surface area contributed by atoms with Crippen molar-refractivity contribution in [1.29, 1.82) is 0 Å². The van der Waals surface area contributed by atoms with E-state index < -0.39 is 66.4 Å². The molecule has 2 aromatic carbocycles. The van der Waals surface area contributed by atoms with Crippen LogP contribution in [0.1, 0.15) is 24.5 Å². The van der Waals surface area contributed by atoms with Gasteiger partial charge in [-0.1, -0.05) is 30.3 Å². The topological polar surface area (TPSA) is 244 Å². The van der Waals surface area contributed by atoms with Crippen LogP contribution in [0.25, 0.3) is 10.9 Å². The number of nitrogens with one attached hydrogen (secondary N) is 4. The Morgan fingerprint density at radius 1 is 0.857 bits per heavy atom. The molecule has 3 aromatic rings. The second-order valence-corrected chi connectivity index (χ2v) is 9.83. The van der Waals surface area contributed by atoms with Gasteiger partial charge in [0.25, 0.3) is 0 Å². The molecule has 10 N–H and O–H groups in total. The van der Waals surface area contributed by atoms with Crippen LogP contribution in [0.3, 0.4) is 0 Å². The number of phenols is 1. The number of carboxylic acids is 2. The van der Waals surface area contributed by atoms with Crippen molar-refractivity contribution in [1.82, 2.24) is 20.9 Å². The quantitative estimate of drug-likeness (QED) is 0.116. The van der Waals surface area contributed by atoms with E-state index in [1.165, 1.54) is 31.2 Å². The average molecular weight is 584 g/mol. The normalized spacial score (nSPS) is 14.6. The molecular formula is C28H33N5O9. The van der Waals surface area contributed by atoms with Gasteiger partial charge in [0.2, 0.25) is 17.7 Å². The number of aromatic amines is 1. The van der Waals surface area contributed by atoms with Gasteiger partial charge in [0, 0.05) is 23.5 Å². The minimum absolute atomic E-state index is 0.0338. The number of nitrogens with two attached hydrogens (primary N) is 1. The van der Waals surface area contributed by atoms with Crippen molar-refractivity contribution in [2.45, 2.75) is 56.5 Å². The summed E-state index contributed by atoms with van der Waals surface area (Å²) in [4.78, 5) is 65.1. The fourth-order valence-electron chi connectivity index (χ4n) is 4.28. The van der Waals surface area contributed by atoms with Gasteiger partial charge in [-0.15, -0.1) is 0 Å². The second-order valence-electron chi connectivity index (χ2n) is 9.83. The molecule has 0 saturated carbocycles. The molecule has 224 valence electrons. The Bertz CT molecular complexity index is 1440.